The summed E-state index contributed by atoms with van der Waals surface area (Å²) in [6.45, 7) is 7.68. The molecular weight excluding hydrogens is 484 g/mol. The number of thiocarbonyl (C=S) groups is 1. The molecule has 0 aliphatic carbocycles. The Morgan fingerprint density at radius 2 is 1.69 bits per heavy atom. The molecule has 0 unspecified atom stereocenters. The number of ether oxygens (including phenoxy) is 2. The quantitative estimate of drug-likeness (QED) is 0.485. The van der Waals surface area contributed by atoms with Gasteiger partial charge in [0.1, 0.15) is 11.5 Å². The van der Waals surface area contributed by atoms with Crippen molar-refractivity contribution in [2.45, 2.75) is 33.1 Å². The molecule has 9 heteroatoms. The van der Waals surface area contributed by atoms with E-state index in [-0.39, 0.29) is 5.91 Å². The molecule has 1 heterocycles. The first-order valence-electron chi connectivity index (χ1n) is 12.0. The number of benzene rings is 2. The molecule has 0 radical (unpaired) electrons. The van der Waals surface area contributed by atoms with Crippen molar-refractivity contribution >= 4 is 46.2 Å². The Morgan fingerprint density at radius 3 is 2.31 bits per heavy atom. The normalized spacial score (nSPS) is 14.3. The van der Waals surface area contributed by atoms with Crippen molar-refractivity contribution in [1.82, 2.24) is 9.80 Å². The molecule has 0 spiro atoms. The molecule has 0 saturated carbocycles. The highest BCUT2D eigenvalue weighted by Gasteiger charge is 2.21. The summed E-state index contributed by atoms with van der Waals surface area (Å²) >= 11 is 11.9. The Bertz CT molecular complexity index is 1030. The highest BCUT2D eigenvalue weighted by molar-refractivity contribution is 7.80. The second-order valence-corrected chi connectivity index (χ2v) is 9.23. The fourth-order valence-corrected chi connectivity index (χ4v) is 4.79. The molecular formula is C26H35ClN4O3S. The van der Waals surface area contributed by atoms with Crippen LogP contribution in [0.1, 0.15) is 31.4 Å². The van der Waals surface area contributed by atoms with Crippen LogP contribution in [0, 0.1) is 0 Å². The summed E-state index contributed by atoms with van der Waals surface area (Å²) in [6, 6.07) is 9.70. The van der Waals surface area contributed by atoms with Crippen molar-refractivity contribution < 1.29 is 14.3 Å². The topological polar surface area (TPSA) is 66.1 Å². The second-order valence-electron chi connectivity index (χ2n) is 8.44. The van der Waals surface area contributed by atoms with E-state index >= 15 is 0 Å². The monoisotopic (exact) mass is 518 g/mol. The van der Waals surface area contributed by atoms with Crippen molar-refractivity contribution in [3.05, 3.63) is 46.5 Å². The number of anilines is 2. The van der Waals surface area contributed by atoms with Crippen LogP contribution in [0.5, 0.6) is 11.5 Å². The lowest BCUT2D eigenvalue weighted by atomic mass is 10.0. The molecule has 2 aromatic rings. The third-order valence-electron chi connectivity index (χ3n) is 6.22. The predicted octanol–water partition coefficient (Wildman–Crippen LogP) is 4.83. The highest BCUT2D eigenvalue weighted by atomic mass is 35.5. The van der Waals surface area contributed by atoms with Crippen molar-refractivity contribution in [1.29, 1.82) is 0 Å². The van der Waals surface area contributed by atoms with E-state index in [0.29, 0.717) is 33.9 Å². The van der Waals surface area contributed by atoms with E-state index in [9.17, 15) is 4.79 Å². The fourth-order valence-electron chi connectivity index (χ4n) is 4.27. The lowest BCUT2D eigenvalue weighted by molar-refractivity contribution is -0.117. The van der Waals surface area contributed by atoms with E-state index in [4.69, 9.17) is 33.3 Å². The molecule has 1 saturated heterocycles. The van der Waals surface area contributed by atoms with Crippen LogP contribution in [0.4, 0.5) is 11.4 Å². The van der Waals surface area contributed by atoms with Crippen LogP contribution in [-0.4, -0.2) is 67.8 Å². The molecule has 1 aliphatic rings. The molecule has 2 aromatic carbocycles. The first-order valence-corrected chi connectivity index (χ1v) is 12.8. The van der Waals surface area contributed by atoms with Gasteiger partial charge in [0.25, 0.3) is 0 Å². The number of carbonyl (C=O) groups excluding carboxylic acids is 1. The van der Waals surface area contributed by atoms with Gasteiger partial charge in [0.15, 0.2) is 5.11 Å². The van der Waals surface area contributed by atoms with Gasteiger partial charge in [-0.3, -0.25) is 9.69 Å². The Kier molecular flexibility index (Phi) is 10.0. The summed E-state index contributed by atoms with van der Waals surface area (Å²) in [5.41, 5.74) is 4.01. The smallest absolute Gasteiger partial charge is 0.238 e. The average Bonchev–Trinajstić information content (AvgIpc) is 3.10. The number of hydrogen-bond acceptors (Lipinski definition) is 5. The van der Waals surface area contributed by atoms with E-state index in [1.54, 1.807) is 26.4 Å². The van der Waals surface area contributed by atoms with Crippen LogP contribution < -0.4 is 20.1 Å². The van der Waals surface area contributed by atoms with Crippen LogP contribution in [0.15, 0.2) is 30.3 Å². The predicted molar refractivity (Wildman–Crippen MR) is 147 cm³/mol. The second kappa shape index (κ2) is 13.0. The van der Waals surface area contributed by atoms with Gasteiger partial charge in [-0.1, -0.05) is 43.6 Å². The summed E-state index contributed by atoms with van der Waals surface area (Å²) in [4.78, 5) is 17.2. The van der Waals surface area contributed by atoms with Crippen molar-refractivity contribution in [2.24, 2.45) is 0 Å². The molecule has 7 nitrogen and oxygen atoms in total. The molecule has 0 aromatic heterocycles. The molecule has 3 rings (SSSR count). The van der Waals surface area contributed by atoms with Gasteiger partial charge in [-0.05, 0) is 42.6 Å². The van der Waals surface area contributed by atoms with Crippen LogP contribution in [0.2, 0.25) is 5.02 Å². The molecule has 1 aliphatic heterocycles. The van der Waals surface area contributed by atoms with Gasteiger partial charge in [0, 0.05) is 44.0 Å². The van der Waals surface area contributed by atoms with E-state index in [0.717, 1.165) is 51.1 Å². The molecule has 2 N–H and O–H groups in total. The maximum Gasteiger partial charge on any atom is 0.238 e. The van der Waals surface area contributed by atoms with Gasteiger partial charge in [-0.25, -0.2) is 0 Å². The minimum Gasteiger partial charge on any atom is -0.495 e. The highest BCUT2D eigenvalue weighted by Crippen LogP contribution is 2.36. The summed E-state index contributed by atoms with van der Waals surface area (Å²) < 4.78 is 10.8. The average molecular weight is 519 g/mol. The summed E-state index contributed by atoms with van der Waals surface area (Å²) in [5.74, 6) is 1.15. The molecule has 35 heavy (non-hydrogen) atoms. The maximum atomic E-state index is 12.9. The number of nitrogens with one attached hydrogen (secondary N) is 2. The molecule has 0 atom stereocenters. The summed E-state index contributed by atoms with van der Waals surface area (Å²) in [5, 5.41) is 7.51. The van der Waals surface area contributed by atoms with E-state index < -0.39 is 0 Å². The minimum absolute atomic E-state index is 0.0211. The van der Waals surface area contributed by atoms with Crippen LogP contribution in [0.25, 0.3) is 0 Å². The number of halogens is 1. The van der Waals surface area contributed by atoms with Crippen LogP contribution in [0.3, 0.4) is 0 Å². The number of aryl methyl sites for hydroxylation is 2. The van der Waals surface area contributed by atoms with Crippen LogP contribution in [-0.2, 0) is 17.6 Å². The lowest BCUT2D eigenvalue weighted by Gasteiger charge is -2.25. The van der Waals surface area contributed by atoms with Crippen molar-refractivity contribution in [3.63, 3.8) is 0 Å². The van der Waals surface area contributed by atoms with Crippen LogP contribution >= 0.6 is 23.8 Å². The Balaban J connectivity index is 1.59. The zero-order valence-corrected chi connectivity index (χ0v) is 22.5. The molecule has 1 amide bonds. The zero-order chi connectivity index (χ0) is 25.4. The summed E-state index contributed by atoms with van der Waals surface area (Å²) in [7, 11) is 3.16. The molecule has 1 fully saturated rings. The van der Waals surface area contributed by atoms with Gasteiger partial charge in [0.05, 0.1) is 31.5 Å². The van der Waals surface area contributed by atoms with E-state index in [1.807, 2.05) is 0 Å². The number of methoxy groups -OCH3 is 2. The molecule has 0 bridgehead atoms. The van der Waals surface area contributed by atoms with Gasteiger partial charge in [-0.2, -0.15) is 0 Å². The Labute approximate surface area is 218 Å². The van der Waals surface area contributed by atoms with Gasteiger partial charge < -0.3 is 25.0 Å². The van der Waals surface area contributed by atoms with Gasteiger partial charge >= 0.3 is 0 Å². The largest absolute Gasteiger partial charge is 0.495 e. The third kappa shape index (κ3) is 6.99. The Morgan fingerprint density at radius 1 is 1.00 bits per heavy atom. The van der Waals surface area contributed by atoms with Gasteiger partial charge in [-0.15, -0.1) is 0 Å². The lowest BCUT2D eigenvalue weighted by Crippen LogP contribution is -2.39. The standard InChI is InChI=1S/C26H35ClN4O3S/c1-5-18-9-7-10-19(6-2)25(18)29-24(32)17-30-11-8-12-31(14-13-30)26(35)28-21-16-22(33-3)20(27)15-23(21)34-4/h7,9-10,15-16H,5-6,8,11-14,17H2,1-4H3,(H,28,35)(H,29,32). The first kappa shape index (κ1) is 27.0. The zero-order valence-electron chi connectivity index (χ0n) is 20.9. The van der Waals surface area contributed by atoms with E-state index in [2.05, 4.69) is 52.5 Å². The first-order chi connectivity index (χ1) is 16.9. The number of hydrogen-bond donors (Lipinski definition) is 2. The SMILES string of the molecule is CCc1cccc(CC)c1NC(=O)CN1CCCN(C(=S)Nc2cc(OC)c(Cl)cc2OC)CC1. The minimum atomic E-state index is 0.0211. The number of amides is 1. The number of carbonyl (C=O) groups is 1. The van der Waals surface area contributed by atoms with Crippen molar-refractivity contribution in [2.75, 3.05) is 57.6 Å². The van der Waals surface area contributed by atoms with E-state index in [1.165, 1.54) is 11.1 Å². The summed E-state index contributed by atoms with van der Waals surface area (Å²) in [6.07, 6.45) is 2.68. The Hall–Kier alpha value is -2.55. The third-order valence-corrected chi connectivity index (χ3v) is 6.88. The fraction of sp³-hybridized carbons (Fsp3) is 0.462. The molecule has 190 valence electrons. The maximum absolute atomic E-state index is 12.9. The van der Waals surface area contributed by atoms with Gasteiger partial charge in [0.2, 0.25) is 5.91 Å². The number of para-hydroxylation sites is 1. The number of nitrogens with zero attached hydrogens (tertiary/aromatic N) is 2. The van der Waals surface area contributed by atoms with Crippen molar-refractivity contribution in [3.8, 4) is 11.5 Å². The number of rotatable bonds is 8.